The SMILES string of the molecule is COC1CCC(C(=O)N2CC[C@@H](c3nc4c(c(=O)[nH]3)CCN(C3CCCCC3)C4)C2)CC1. The molecule has 176 valence electrons. The summed E-state index contributed by atoms with van der Waals surface area (Å²) in [6.07, 6.45) is 12.3. The van der Waals surface area contributed by atoms with Crippen LogP contribution in [0.3, 0.4) is 0 Å². The number of ether oxygens (including phenoxy) is 1. The van der Waals surface area contributed by atoms with Gasteiger partial charge in [0.15, 0.2) is 0 Å². The van der Waals surface area contributed by atoms with Crippen molar-refractivity contribution in [1.82, 2.24) is 19.8 Å². The topological polar surface area (TPSA) is 78.5 Å². The van der Waals surface area contributed by atoms with Crippen molar-refractivity contribution in [3.63, 3.8) is 0 Å². The van der Waals surface area contributed by atoms with E-state index >= 15 is 0 Å². The second-order valence-electron chi connectivity index (χ2n) is 10.4. The molecule has 0 spiro atoms. The number of hydrogen-bond donors (Lipinski definition) is 1. The summed E-state index contributed by atoms with van der Waals surface area (Å²) in [7, 11) is 1.76. The summed E-state index contributed by atoms with van der Waals surface area (Å²) in [4.78, 5) is 38.5. The van der Waals surface area contributed by atoms with Crippen LogP contribution in [-0.4, -0.2) is 64.6 Å². The zero-order chi connectivity index (χ0) is 22.1. The van der Waals surface area contributed by atoms with Gasteiger partial charge in [0.25, 0.3) is 5.56 Å². The van der Waals surface area contributed by atoms with Gasteiger partial charge in [-0.3, -0.25) is 14.5 Å². The molecule has 3 heterocycles. The fourth-order valence-corrected chi connectivity index (χ4v) is 6.42. The molecule has 1 saturated heterocycles. The van der Waals surface area contributed by atoms with E-state index in [9.17, 15) is 9.59 Å². The van der Waals surface area contributed by atoms with Crippen LogP contribution in [0.1, 0.15) is 87.2 Å². The Morgan fingerprint density at radius 1 is 1.03 bits per heavy atom. The Morgan fingerprint density at radius 3 is 2.56 bits per heavy atom. The number of H-pyrrole nitrogens is 1. The minimum Gasteiger partial charge on any atom is -0.381 e. The number of rotatable bonds is 4. The lowest BCUT2D eigenvalue weighted by atomic mass is 9.86. The Morgan fingerprint density at radius 2 is 1.81 bits per heavy atom. The van der Waals surface area contributed by atoms with Gasteiger partial charge in [-0.15, -0.1) is 0 Å². The van der Waals surface area contributed by atoms with Gasteiger partial charge in [-0.25, -0.2) is 4.98 Å². The van der Waals surface area contributed by atoms with E-state index in [2.05, 4.69) is 9.88 Å². The monoisotopic (exact) mass is 442 g/mol. The number of nitrogens with zero attached hydrogens (tertiary/aromatic N) is 3. The van der Waals surface area contributed by atoms with E-state index < -0.39 is 0 Å². The highest BCUT2D eigenvalue weighted by Gasteiger charge is 2.35. The second kappa shape index (κ2) is 9.64. The van der Waals surface area contributed by atoms with Crippen molar-refractivity contribution in [3.8, 4) is 0 Å². The second-order valence-corrected chi connectivity index (χ2v) is 10.4. The van der Waals surface area contributed by atoms with E-state index in [-0.39, 0.29) is 23.3 Å². The molecule has 0 aromatic carbocycles. The summed E-state index contributed by atoms with van der Waals surface area (Å²) in [5.41, 5.74) is 1.89. The molecule has 3 fully saturated rings. The third kappa shape index (κ3) is 4.51. The molecule has 1 amide bonds. The van der Waals surface area contributed by atoms with E-state index in [1.807, 2.05) is 4.90 Å². The normalized spacial score (nSPS) is 29.8. The maximum atomic E-state index is 13.1. The first kappa shape index (κ1) is 22.1. The fourth-order valence-electron chi connectivity index (χ4n) is 6.42. The molecule has 1 aromatic heterocycles. The largest absolute Gasteiger partial charge is 0.381 e. The number of methoxy groups -OCH3 is 1. The number of amides is 1. The van der Waals surface area contributed by atoms with Crippen molar-refractivity contribution in [2.75, 3.05) is 26.7 Å². The quantitative estimate of drug-likeness (QED) is 0.776. The Hall–Kier alpha value is -1.73. The molecule has 0 unspecified atom stereocenters. The average Bonchev–Trinajstić information content (AvgIpc) is 3.34. The highest BCUT2D eigenvalue weighted by Crippen LogP contribution is 2.32. The summed E-state index contributed by atoms with van der Waals surface area (Å²) in [6, 6.07) is 0.647. The van der Waals surface area contributed by atoms with Crippen molar-refractivity contribution >= 4 is 5.91 Å². The molecule has 7 nitrogen and oxygen atoms in total. The number of aromatic nitrogens is 2. The lowest BCUT2D eigenvalue weighted by Crippen LogP contribution is -2.42. The number of aromatic amines is 1. The van der Waals surface area contributed by atoms with Crippen molar-refractivity contribution in [3.05, 3.63) is 27.4 Å². The van der Waals surface area contributed by atoms with Crippen LogP contribution in [0.4, 0.5) is 0 Å². The zero-order valence-corrected chi connectivity index (χ0v) is 19.5. The predicted octanol–water partition coefficient (Wildman–Crippen LogP) is 2.98. The Balaban J connectivity index is 1.24. The summed E-state index contributed by atoms with van der Waals surface area (Å²) in [6.45, 7) is 3.22. The fraction of sp³-hybridized carbons (Fsp3) is 0.800. The molecule has 2 saturated carbocycles. The number of carbonyl (C=O) groups excluding carboxylic acids is 1. The van der Waals surface area contributed by atoms with Crippen LogP contribution in [0.5, 0.6) is 0 Å². The molecular weight excluding hydrogens is 404 g/mol. The van der Waals surface area contributed by atoms with Gasteiger partial charge in [-0.2, -0.15) is 0 Å². The van der Waals surface area contributed by atoms with Gasteiger partial charge in [-0.05, 0) is 51.4 Å². The zero-order valence-electron chi connectivity index (χ0n) is 19.5. The number of hydrogen-bond acceptors (Lipinski definition) is 5. The van der Waals surface area contributed by atoms with Crippen LogP contribution >= 0.6 is 0 Å². The number of nitrogens with one attached hydrogen (secondary N) is 1. The first-order valence-corrected chi connectivity index (χ1v) is 12.8. The van der Waals surface area contributed by atoms with E-state index in [0.717, 1.165) is 75.2 Å². The highest BCUT2D eigenvalue weighted by atomic mass is 16.5. The number of likely N-dealkylation sites (tertiary alicyclic amines) is 1. The summed E-state index contributed by atoms with van der Waals surface area (Å²) in [5, 5.41) is 0. The van der Waals surface area contributed by atoms with Crippen molar-refractivity contribution in [2.24, 2.45) is 5.92 Å². The van der Waals surface area contributed by atoms with E-state index in [4.69, 9.17) is 9.72 Å². The van der Waals surface area contributed by atoms with Crippen LogP contribution in [-0.2, 0) is 22.5 Å². The van der Waals surface area contributed by atoms with Gasteiger partial charge in [-0.1, -0.05) is 19.3 Å². The Labute approximate surface area is 190 Å². The summed E-state index contributed by atoms with van der Waals surface area (Å²) in [5.74, 6) is 1.33. The highest BCUT2D eigenvalue weighted by molar-refractivity contribution is 5.79. The minimum absolute atomic E-state index is 0.0379. The van der Waals surface area contributed by atoms with E-state index in [1.165, 1.54) is 32.1 Å². The van der Waals surface area contributed by atoms with Crippen molar-refractivity contribution in [2.45, 2.75) is 95.2 Å². The molecule has 32 heavy (non-hydrogen) atoms. The third-order valence-corrected chi connectivity index (χ3v) is 8.46. The third-order valence-electron chi connectivity index (χ3n) is 8.46. The Kier molecular flexibility index (Phi) is 6.65. The molecule has 1 atom stereocenters. The van der Waals surface area contributed by atoms with Gasteiger partial charge in [0.2, 0.25) is 5.91 Å². The lowest BCUT2D eigenvalue weighted by molar-refractivity contribution is -0.136. The molecule has 2 aliphatic heterocycles. The van der Waals surface area contributed by atoms with Crippen LogP contribution in [0, 0.1) is 5.92 Å². The Bertz CT molecular complexity index is 870. The van der Waals surface area contributed by atoms with Crippen LogP contribution in [0.2, 0.25) is 0 Å². The summed E-state index contributed by atoms with van der Waals surface area (Å²) < 4.78 is 5.45. The molecule has 4 aliphatic rings. The molecule has 5 rings (SSSR count). The maximum absolute atomic E-state index is 13.1. The first-order valence-electron chi connectivity index (χ1n) is 12.8. The van der Waals surface area contributed by atoms with Crippen LogP contribution in [0.15, 0.2) is 4.79 Å². The van der Waals surface area contributed by atoms with Gasteiger partial charge in [0.1, 0.15) is 5.82 Å². The van der Waals surface area contributed by atoms with Crippen LogP contribution in [0.25, 0.3) is 0 Å². The predicted molar refractivity (Wildman–Crippen MR) is 123 cm³/mol. The minimum atomic E-state index is 0.0379. The molecule has 0 bridgehead atoms. The van der Waals surface area contributed by atoms with E-state index in [0.29, 0.717) is 18.7 Å². The van der Waals surface area contributed by atoms with Crippen molar-refractivity contribution < 1.29 is 9.53 Å². The molecule has 7 heteroatoms. The number of fused-ring (bicyclic) bond motifs is 1. The van der Waals surface area contributed by atoms with Gasteiger partial charge >= 0.3 is 0 Å². The molecule has 1 aromatic rings. The van der Waals surface area contributed by atoms with Gasteiger partial charge < -0.3 is 14.6 Å². The maximum Gasteiger partial charge on any atom is 0.254 e. The lowest BCUT2D eigenvalue weighted by Gasteiger charge is -2.37. The molecule has 0 radical (unpaired) electrons. The number of carbonyl (C=O) groups is 1. The molecule has 2 aliphatic carbocycles. The molecular formula is C25H38N4O3. The molecule has 1 N–H and O–H groups in total. The van der Waals surface area contributed by atoms with Gasteiger partial charge in [0, 0.05) is 56.7 Å². The van der Waals surface area contributed by atoms with Crippen molar-refractivity contribution in [1.29, 1.82) is 0 Å². The van der Waals surface area contributed by atoms with E-state index in [1.54, 1.807) is 7.11 Å². The smallest absolute Gasteiger partial charge is 0.254 e. The van der Waals surface area contributed by atoms with Crippen LogP contribution < -0.4 is 5.56 Å². The average molecular weight is 443 g/mol. The standard InChI is InChI=1S/C25H38N4O3/c1-32-20-9-7-17(8-10-20)25(31)29-13-11-18(15-29)23-26-22-16-28(19-5-3-2-4-6-19)14-12-21(22)24(30)27-23/h17-20H,2-16H2,1H3,(H,26,27,30)/t17?,18-,20?/m1/s1. The first-order chi connectivity index (χ1) is 15.6. The van der Waals surface area contributed by atoms with Gasteiger partial charge in [0.05, 0.1) is 11.8 Å². The summed E-state index contributed by atoms with van der Waals surface area (Å²) >= 11 is 0.